The second kappa shape index (κ2) is 5.00. The molecule has 0 radical (unpaired) electrons. The molecule has 0 unspecified atom stereocenters. The predicted molar refractivity (Wildman–Crippen MR) is 44.8 cm³/mol. The Morgan fingerprint density at radius 1 is 1.30 bits per heavy atom. The highest BCUT2D eigenvalue weighted by atomic mass is 16.3. The Bertz CT molecular complexity index is 136. The third-order valence-corrected chi connectivity index (χ3v) is 1.46. The van der Waals surface area contributed by atoms with Gasteiger partial charge in [-0.3, -0.25) is 0 Å². The molecule has 0 saturated carbocycles. The average molecular weight is 138 g/mol. The zero-order valence-corrected chi connectivity index (χ0v) is 6.43. The van der Waals surface area contributed by atoms with Crippen LogP contribution in [0.2, 0.25) is 0 Å². The molecule has 0 aliphatic heterocycles. The number of rotatable bonds is 4. The first-order chi connectivity index (χ1) is 4.79. The zero-order valence-electron chi connectivity index (χ0n) is 6.43. The third kappa shape index (κ3) is 2.19. The lowest BCUT2D eigenvalue weighted by atomic mass is 10.1. The second-order valence-electron chi connectivity index (χ2n) is 1.97. The van der Waals surface area contributed by atoms with Crippen molar-refractivity contribution in [3.05, 3.63) is 36.5 Å². The summed E-state index contributed by atoms with van der Waals surface area (Å²) in [5.74, 6) is 0. The summed E-state index contributed by atoms with van der Waals surface area (Å²) in [5, 5.41) is 8.78. The molecule has 0 aliphatic rings. The fourth-order valence-electron chi connectivity index (χ4n) is 0.800. The molecule has 0 atom stereocenters. The van der Waals surface area contributed by atoms with Gasteiger partial charge in [0.2, 0.25) is 0 Å². The van der Waals surface area contributed by atoms with Gasteiger partial charge in [-0.05, 0) is 17.6 Å². The van der Waals surface area contributed by atoms with E-state index in [1.165, 1.54) is 0 Å². The molecule has 0 rings (SSSR count). The van der Waals surface area contributed by atoms with Gasteiger partial charge < -0.3 is 5.11 Å². The van der Waals surface area contributed by atoms with Crippen LogP contribution in [0.1, 0.15) is 13.3 Å². The van der Waals surface area contributed by atoms with Gasteiger partial charge in [-0.2, -0.15) is 0 Å². The molecule has 1 heteroatoms. The minimum absolute atomic E-state index is 0.0543. The number of aliphatic hydroxyl groups is 1. The fourth-order valence-corrected chi connectivity index (χ4v) is 0.800. The van der Waals surface area contributed by atoms with Crippen LogP contribution in [0.5, 0.6) is 0 Å². The molecule has 0 fully saturated rings. The summed E-state index contributed by atoms with van der Waals surface area (Å²) in [7, 11) is 0. The van der Waals surface area contributed by atoms with Crippen molar-refractivity contribution < 1.29 is 5.11 Å². The van der Waals surface area contributed by atoms with Crippen LogP contribution in [0.15, 0.2) is 36.5 Å². The van der Waals surface area contributed by atoms with Gasteiger partial charge in [0, 0.05) is 0 Å². The normalized spacial score (nSPS) is 12.2. The molecular formula is C9H14O. The second-order valence-corrected chi connectivity index (χ2v) is 1.97. The predicted octanol–water partition coefficient (Wildman–Crippen LogP) is 2.06. The van der Waals surface area contributed by atoms with Crippen LogP contribution in [0.4, 0.5) is 0 Å². The average Bonchev–Trinajstić information content (AvgIpc) is 2.00. The van der Waals surface area contributed by atoms with Crippen molar-refractivity contribution in [2.45, 2.75) is 13.3 Å². The zero-order chi connectivity index (χ0) is 7.98. The summed E-state index contributed by atoms with van der Waals surface area (Å²) in [4.78, 5) is 0. The third-order valence-electron chi connectivity index (χ3n) is 1.46. The molecule has 56 valence electrons. The molecule has 0 aromatic heterocycles. The first-order valence-corrected chi connectivity index (χ1v) is 3.37. The monoisotopic (exact) mass is 138 g/mol. The maximum absolute atomic E-state index is 8.78. The van der Waals surface area contributed by atoms with Crippen molar-refractivity contribution in [2.24, 2.45) is 0 Å². The van der Waals surface area contributed by atoms with E-state index in [-0.39, 0.29) is 6.61 Å². The summed E-state index contributed by atoms with van der Waals surface area (Å²) in [6.07, 6.45) is 4.32. The minimum Gasteiger partial charge on any atom is -0.392 e. The van der Waals surface area contributed by atoms with Crippen molar-refractivity contribution >= 4 is 0 Å². The van der Waals surface area contributed by atoms with Gasteiger partial charge in [-0.15, -0.1) is 0 Å². The Hall–Kier alpha value is -0.820. The van der Waals surface area contributed by atoms with Gasteiger partial charge in [-0.1, -0.05) is 32.2 Å². The van der Waals surface area contributed by atoms with Gasteiger partial charge >= 0.3 is 0 Å². The van der Waals surface area contributed by atoms with Crippen molar-refractivity contribution in [1.29, 1.82) is 0 Å². The smallest absolute Gasteiger partial charge is 0.0684 e. The van der Waals surface area contributed by atoms with Crippen LogP contribution >= 0.6 is 0 Å². The molecule has 0 amide bonds. The summed E-state index contributed by atoms with van der Waals surface area (Å²) < 4.78 is 0. The SMILES string of the molecule is C=C/C(CC)=C(\C=C)CO. The van der Waals surface area contributed by atoms with E-state index in [4.69, 9.17) is 5.11 Å². The number of hydrogen-bond acceptors (Lipinski definition) is 1. The lowest BCUT2D eigenvalue weighted by molar-refractivity contribution is 0.334. The summed E-state index contributed by atoms with van der Waals surface area (Å²) in [5.41, 5.74) is 1.94. The highest BCUT2D eigenvalue weighted by Crippen LogP contribution is 2.09. The largest absolute Gasteiger partial charge is 0.392 e. The molecule has 0 heterocycles. The van der Waals surface area contributed by atoms with Crippen LogP contribution in [-0.4, -0.2) is 11.7 Å². The first kappa shape index (κ1) is 9.18. The quantitative estimate of drug-likeness (QED) is 0.589. The summed E-state index contributed by atoms with van der Waals surface area (Å²) in [6, 6.07) is 0. The first-order valence-electron chi connectivity index (χ1n) is 3.37. The maximum atomic E-state index is 8.78. The van der Waals surface area contributed by atoms with Crippen LogP contribution < -0.4 is 0 Å². The Balaban J connectivity index is 4.50. The highest BCUT2D eigenvalue weighted by Gasteiger charge is 1.94. The Labute approximate surface area is 62.4 Å². The molecule has 0 saturated heterocycles. The summed E-state index contributed by atoms with van der Waals surface area (Å²) >= 11 is 0. The lowest BCUT2D eigenvalue weighted by Gasteiger charge is -2.01. The van der Waals surface area contributed by atoms with Gasteiger partial charge in [0.05, 0.1) is 6.61 Å². The molecule has 1 nitrogen and oxygen atoms in total. The van der Waals surface area contributed by atoms with E-state index in [0.717, 1.165) is 17.6 Å². The lowest BCUT2D eigenvalue weighted by Crippen LogP contribution is -1.90. The van der Waals surface area contributed by atoms with E-state index in [1.54, 1.807) is 12.2 Å². The standard InChI is InChI=1S/C9H14O/c1-4-8(5-2)9(6-3)7-10/h4,6,10H,1,3,5,7H2,2H3/b9-8-. The van der Waals surface area contributed by atoms with E-state index in [9.17, 15) is 0 Å². The molecule has 0 spiro atoms. The Morgan fingerprint density at radius 2 is 1.80 bits per heavy atom. The van der Waals surface area contributed by atoms with Gasteiger partial charge in [0.1, 0.15) is 0 Å². The highest BCUT2D eigenvalue weighted by molar-refractivity contribution is 5.31. The van der Waals surface area contributed by atoms with Gasteiger partial charge in [0.15, 0.2) is 0 Å². The fraction of sp³-hybridized carbons (Fsp3) is 0.333. The maximum Gasteiger partial charge on any atom is 0.0684 e. The van der Waals surface area contributed by atoms with Crippen LogP contribution in [-0.2, 0) is 0 Å². The van der Waals surface area contributed by atoms with E-state index < -0.39 is 0 Å². The molecular weight excluding hydrogens is 124 g/mol. The summed E-state index contributed by atoms with van der Waals surface area (Å²) in [6.45, 7) is 9.29. The van der Waals surface area contributed by atoms with Crippen LogP contribution in [0.25, 0.3) is 0 Å². The van der Waals surface area contributed by atoms with Crippen molar-refractivity contribution in [1.82, 2.24) is 0 Å². The number of hydrogen-bond donors (Lipinski definition) is 1. The van der Waals surface area contributed by atoms with Crippen LogP contribution in [0.3, 0.4) is 0 Å². The Kier molecular flexibility index (Phi) is 4.59. The van der Waals surface area contributed by atoms with E-state index in [2.05, 4.69) is 13.2 Å². The van der Waals surface area contributed by atoms with Crippen molar-refractivity contribution in [3.8, 4) is 0 Å². The number of allylic oxidation sites excluding steroid dienone is 2. The van der Waals surface area contributed by atoms with Crippen molar-refractivity contribution in [2.75, 3.05) is 6.61 Å². The van der Waals surface area contributed by atoms with Gasteiger partial charge in [0.25, 0.3) is 0 Å². The molecule has 0 aliphatic carbocycles. The van der Waals surface area contributed by atoms with Crippen molar-refractivity contribution in [3.63, 3.8) is 0 Å². The topological polar surface area (TPSA) is 20.2 Å². The minimum atomic E-state index is 0.0543. The van der Waals surface area contributed by atoms with Gasteiger partial charge in [-0.25, -0.2) is 0 Å². The Morgan fingerprint density at radius 3 is 1.90 bits per heavy atom. The molecule has 0 bridgehead atoms. The van der Waals surface area contributed by atoms with Crippen LogP contribution in [0, 0.1) is 0 Å². The molecule has 10 heavy (non-hydrogen) atoms. The van der Waals surface area contributed by atoms with E-state index >= 15 is 0 Å². The molecule has 0 aromatic rings. The van der Waals surface area contributed by atoms with E-state index in [1.807, 2.05) is 6.92 Å². The molecule has 0 aromatic carbocycles. The van der Waals surface area contributed by atoms with E-state index in [0.29, 0.717) is 0 Å². The molecule has 1 N–H and O–H groups in total. The number of aliphatic hydroxyl groups excluding tert-OH is 1.